The molecular formula is C31H29O2P. The average Bonchev–Trinajstić information content (AvgIpc) is 2.91. The highest BCUT2D eigenvalue weighted by Crippen LogP contribution is 2.51. The topological polar surface area (TPSA) is 34.1 Å². The third kappa shape index (κ3) is 5.71. The van der Waals surface area contributed by atoms with Gasteiger partial charge in [0.2, 0.25) is 0 Å². The second kappa shape index (κ2) is 11.6. The van der Waals surface area contributed by atoms with E-state index in [9.17, 15) is 9.36 Å². The molecule has 0 fully saturated rings. The first-order valence-electron chi connectivity index (χ1n) is 11.7. The Labute approximate surface area is 202 Å². The molecule has 0 N–H and O–H groups in total. The highest BCUT2D eigenvalue weighted by molar-refractivity contribution is 7.80. The molecule has 4 aromatic rings. The summed E-state index contributed by atoms with van der Waals surface area (Å²) >= 11 is 0. The van der Waals surface area contributed by atoms with Crippen LogP contribution in [-0.2, 0) is 15.8 Å². The fraction of sp³-hybridized carbons (Fsp3) is 0.129. The number of hydrogen-bond acceptors (Lipinski definition) is 2. The van der Waals surface area contributed by atoms with Crippen molar-refractivity contribution in [1.29, 1.82) is 0 Å². The maximum atomic E-state index is 15.0. The van der Waals surface area contributed by atoms with Crippen molar-refractivity contribution in [3.8, 4) is 0 Å². The Hall–Kier alpha value is -3.48. The maximum Gasteiger partial charge on any atom is 0.153 e. The van der Waals surface area contributed by atoms with Crippen molar-refractivity contribution in [3.05, 3.63) is 139 Å². The molecular weight excluding hydrogens is 435 g/mol. The Kier molecular flexibility index (Phi) is 8.07. The van der Waals surface area contributed by atoms with E-state index in [2.05, 4.69) is 0 Å². The molecule has 0 heterocycles. The van der Waals surface area contributed by atoms with E-state index >= 15 is 0 Å². The summed E-state index contributed by atoms with van der Waals surface area (Å²) in [5, 5.41) is 1.46. The Balaban J connectivity index is 1.71. The van der Waals surface area contributed by atoms with Gasteiger partial charge in [0.15, 0.2) is 7.14 Å². The quantitative estimate of drug-likeness (QED) is 0.246. The first kappa shape index (κ1) is 23.7. The van der Waals surface area contributed by atoms with Gasteiger partial charge >= 0.3 is 0 Å². The smallest absolute Gasteiger partial charge is 0.153 e. The summed E-state index contributed by atoms with van der Waals surface area (Å²) in [4.78, 5) is 13.7. The van der Waals surface area contributed by atoms with Gasteiger partial charge in [-0.25, -0.2) is 0 Å². The molecule has 4 rings (SSSR count). The Morgan fingerprint density at radius 3 is 1.68 bits per heavy atom. The highest BCUT2D eigenvalue weighted by Gasteiger charge is 2.40. The number of carbonyl (C=O) groups is 1. The summed E-state index contributed by atoms with van der Waals surface area (Å²) in [6.45, 7) is 0. The monoisotopic (exact) mass is 464 g/mol. The highest BCUT2D eigenvalue weighted by atomic mass is 31.2. The van der Waals surface area contributed by atoms with Gasteiger partial charge < -0.3 is 4.57 Å². The van der Waals surface area contributed by atoms with Crippen molar-refractivity contribution in [3.63, 3.8) is 0 Å². The van der Waals surface area contributed by atoms with E-state index in [1.54, 1.807) is 0 Å². The van der Waals surface area contributed by atoms with Gasteiger partial charge in [-0.2, -0.15) is 0 Å². The molecule has 0 aliphatic carbocycles. The number of rotatable bonds is 10. The zero-order valence-corrected chi connectivity index (χ0v) is 20.1. The number of aryl methyl sites for hydroxylation is 1. The van der Waals surface area contributed by atoms with Gasteiger partial charge in [0.25, 0.3) is 0 Å². The zero-order valence-electron chi connectivity index (χ0n) is 19.2. The molecule has 1 atom stereocenters. The molecule has 0 aromatic heterocycles. The number of benzene rings is 4. The van der Waals surface area contributed by atoms with Crippen LogP contribution in [0.5, 0.6) is 0 Å². The molecule has 0 aliphatic rings. The lowest BCUT2D eigenvalue weighted by atomic mass is 10.0. The SMILES string of the molecule is O=C(CCc1ccccc1)C(C/C=C/c1ccccc1)P(=O)(c1ccccc1)c1ccccc1. The molecule has 34 heavy (non-hydrogen) atoms. The van der Waals surface area contributed by atoms with Crippen LogP contribution >= 0.6 is 7.14 Å². The van der Waals surface area contributed by atoms with Crippen LogP contribution in [0.15, 0.2) is 127 Å². The standard InChI is InChI=1S/C31H29O2P/c32-30(25-24-27-16-7-2-8-17-27)31(23-13-18-26-14-5-1-6-15-26)34(33,28-19-9-3-10-20-28)29-21-11-4-12-22-29/h1-22,31H,23-25H2/b18-13+. The van der Waals surface area contributed by atoms with Crippen molar-refractivity contribution >= 4 is 29.6 Å². The lowest BCUT2D eigenvalue weighted by Gasteiger charge is -2.27. The minimum absolute atomic E-state index is 0.0394. The summed E-state index contributed by atoms with van der Waals surface area (Å²) in [5.74, 6) is 0.0394. The second-order valence-electron chi connectivity index (χ2n) is 8.35. The van der Waals surface area contributed by atoms with Crippen molar-refractivity contribution in [2.24, 2.45) is 0 Å². The maximum absolute atomic E-state index is 15.0. The van der Waals surface area contributed by atoms with Crippen LogP contribution in [0.4, 0.5) is 0 Å². The molecule has 0 bridgehead atoms. The zero-order chi connectivity index (χ0) is 23.6. The molecule has 0 aliphatic heterocycles. The summed E-state index contributed by atoms with van der Waals surface area (Å²) in [5.41, 5.74) is 1.55. The number of Topliss-reactive ketones (excluding diaryl/α,β-unsaturated/α-hetero) is 1. The van der Waals surface area contributed by atoms with E-state index < -0.39 is 12.8 Å². The van der Waals surface area contributed by atoms with Crippen molar-refractivity contribution < 1.29 is 9.36 Å². The summed E-state index contributed by atoms with van der Waals surface area (Å²) in [6, 6.07) is 39.0. The van der Waals surface area contributed by atoms with Gasteiger partial charge in [-0.1, -0.05) is 133 Å². The summed E-state index contributed by atoms with van der Waals surface area (Å²) in [7, 11) is -3.23. The van der Waals surface area contributed by atoms with E-state index in [-0.39, 0.29) is 5.78 Å². The molecule has 3 heteroatoms. The van der Waals surface area contributed by atoms with Gasteiger partial charge in [0.05, 0.1) is 5.66 Å². The first-order chi connectivity index (χ1) is 16.7. The number of ketones is 1. The average molecular weight is 465 g/mol. The van der Waals surface area contributed by atoms with Crippen molar-refractivity contribution in [2.75, 3.05) is 0 Å². The van der Waals surface area contributed by atoms with Crippen LogP contribution in [0.1, 0.15) is 24.0 Å². The van der Waals surface area contributed by atoms with Crippen LogP contribution in [0.2, 0.25) is 0 Å². The third-order valence-corrected chi connectivity index (χ3v) is 9.57. The molecule has 170 valence electrons. The van der Waals surface area contributed by atoms with E-state index in [0.29, 0.717) is 19.3 Å². The minimum Gasteiger partial charge on any atom is -0.313 e. The van der Waals surface area contributed by atoms with Crippen LogP contribution in [-0.4, -0.2) is 11.4 Å². The van der Waals surface area contributed by atoms with Gasteiger partial charge in [0, 0.05) is 17.0 Å². The van der Waals surface area contributed by atoms with Gasteiger partial charge in [-0.15, -0.1) is 0 Å². The van der Waals surface area contributed by atoms with E-state index in [0.717, 1.165) is 21.7 Å². The van der Waals surface area contributed by atoms with Crippen molar-refractivity contribution in [2.45, 2.75) is 24.9 Å². The summed E-state index contributed by atoms with van der Waals surface area (Å²) < 4.78 is 15.0. The van der Waals surface area contributed by atoms with E-state index in [1.807, 2.05) is 133 Å². The Morgan fingerprint density at radius 1 is 0.676 bits per heavy atom. The molecule has 2 nitrogen and oxygen atoms in total. The van der Waals surface area contributed by atoms with Crippen LogP contribution < -0.4 is 10.6 Å². The third-order valence-electron chi connectivity index (χ3n) is 6.06. The summed E-state index contributed by atoms with van der Waals surface area (Å²) in [6.07, 6.45) is 5.43. The molecule has 0 radical (unpaired) electrons. The molecule has 1 unspecified atom stereocenters. The lowest BCUT2D eigenvalue weighted by molar-refractivity contribution is -0.118. The molecule has 0 saturated heterocycles. The van der Waals surface area contributed by atoms with Gasteiger partial charge in [-0.05, 0) is 24.0 Å². The van der Waals surface area contributed by atoms with Crippen molar-refractivity contribution in [1.82, 2.24) is 0 Å². The van der Waals surface area contributed by atoms with Gasteiger partial charge in [0.1, 0.15) is 5.78 Å². The number of hydrogen-bond donors (Lipinski definition) is 0. The molecule has 0 saturated carbocycles. The first-order valence-corrected chi connectivity index (χ1v) is 13.4. The number of carbonyl (C=O) groups excluding carboxylic acids is 1. The minimum atomic E-state index is -3.23. The largest absolute Gasteiger partial charge is 0.313 e. The second-order valence-corrected chi connectivity index (χ2v) is 11.3. The van der Waals surface area contributed by atoms with E-state index in [1.165, 1.54) is 0 Å². The normalized spacial score (nSPS) is 12.5. The van der Waals surface area contributed by atoms with Crippen LogP contribution in [0.3, 0.4) is 0 Å². The fourth-order valence-electron chi connectivity index (χ4n) is 4.27. The van der Waals surface area contributed by atoms with E-state index in [4.69, 9.17) is 0 Å². The molecule has 0 spiro atoms. The van der Waals surface area contributed by atoms with Crippen LogP contribution in [0.25, 0.3) is 6.08 Å². The van der Waals surface area contributed by atoms with Crippen LogP contribution in [0, 0.1) is 0 Å². The van der Waals surface area contributed by atoms with Gasteiger partial charge in [-0.3, -0.25) is 4.79 Å². The lowest BCUT2D eigenvalue weighted by Crippen LogP contribution is -2.32. The molecule has 4 aromatic carbocycles. The Bertz CT molecular complexity index is 1210. The Morgan fingerprint density at radius 2 is 1.15 bits per heavy atom. The fourth-order valence-corrected chi connectivity index (χ4v) is 7.47. The predicted octanol–water partition coefficient (Wildman–Crippen LogP) is 6.67. The number of allylic oxidation sites excluding steroid dienone is 1. The molecule has 0 amide bonds. The predicted molar refractivity (Wildman–Crippen MR) is 143 cm³/mol.